The number of hydrogen-bond donors (Lipinski definition) is 9. The minimum absolute atomic E-state index is 0.0639. The molecule has 0 radical (unpaired) electrons. The van der Waals surface area contributed by atoms with Crippen molar-refractivity contribution >= 4 is 59.2 Å². The van der Waals surface area contributed by atoms with E-state index in [4.69, 9.17) is 5.73 Å². The number of carbonyl (C=O) groups is 8. The number of thioether (sulfide) groups is 1. The summed E-state index contributed by atoms with van der Waals surface area (Å²) >= 11 is 1.35. The highest BCUT2D eigenvalue weighted by Gasteiger charge is 2.32. The molecule has 0 aliphatic rings. The molecular weight excluding hydrogens is 688 g/mol. The summed E-state index contributed by atoms with van der Waals surface area (Å²) < 4.78 is 0. The lowest BCUT2D eigenvalue weighted by Gasteiger charge is -2.26. The van der Waals surface area contributed by atoms with Gasteiger partial charge in [0.25, 0.3) is 0 Å². The Balaban J connectivity index is 3.06. The van der Waals surface area contributed by atoms with Crippen molar-refractivity contribution in [3.63, 3.8) is 0 Å². The van der Waals surface area contributed by atoms with Gasteiger partial charge in [-0.2, -0.15) is 11.8 Å². The molecule has 1 aromatic rings. The number of nitrogens with one attached hydrogen (secondary N) is 5. The van der Waals surface area contributed by atoms with Crippen LogP contribution in [0.4, 0.5) is 0 Å². The number of carboxylic acids is 3. The number of carboxylic acid groups (broad SMARTS) is 3. The topological polar surface area (TPSA) is 283 Å². The fourth-order valence-corrected chi connectivity index (χ4v) is 5.20. The Bertz CT molecular complexity index is 1360. The lowest BCUT2D eigenvalue weighted by atomic mass is 10.0. The third-order valence-electron chi connectivity index (χ3n) is 7.51. The summed E-state index contributed by atoms with van der Waals surface area (Å²) in [5.74, 6) is -7.70. The van der Waals surface area contributed by atoms with Crippen LogP contribution in [-0.2, 0) is 44.8 Å². The predicted molar refractivity (Wildman–Crippen MR) is 187 cm³/mol. The Morgan fingerprint density at radius 3 is 1.57 bits per heavy atom. The van der Waals surface area contributed by atoms with Gasteiger partial charge in [0.1, 0.15) is 30.2 Å². The largest absolute Gasteiger partial charge is 0.481 e. The van der Waals surface area contributed by atoms with Crippen LogP contribution in [0.2, 0.25) is 0 Å². The van der Waals surface area contributed by atoms with Gasteiger partial charge in [0.15, 0.2) is 0 Å². The average molecular weight is 739 g/mol. The molecule has 0 saturated carbocycles. The van der Waals surface area contributed by atoms with Crippen molar-refractivity contribution in [3.8, 4) is 0 Å². The van der Waals surface area contributed by atoms with Crippen LogP contribution in [0.5, 0.6) is 0 Å². The van der Waals surface area contributed by atoms with E-state index in [1.807, 2.05) is 0 Å². The van der Waals surface area contributed by atoms with E-state index in [0.29, 0.717) is 5.75 Å². The molecule has 0 aromatic heterocycles. The van der Waals surface area contributed by atoms with Gasteiger partial charge in [-0.15, -0.1) is 0 Å². The van der Waals surface area contributed by atoms with Crippen LogP contribution in [0.3, 0.4) is 0 Å². The Labute approximate surface area is 300 Å². The first-order valence-electron chi connectivity index (χ1n) is 16.4. The molecule has 17 nitrogen and oxygen atoms in total. The molecule has 6 unspecified atom stereocenters. The molecular formula is C33H50N6O11S. The SMILES string of the molecule is CSCCC(NC(=O)C(C)NC(=O)C(CCC(=O)O)NC(=O)C(N)Cc1ccccc1)C(=O)NC(CCC(=O)O)C(=O)NC(CC(C)C)C(=O)O. The van der Waals surface area contributed by atoms with Gasteiger partial charge in [-0.1, -0.05) is 44.2 Å². The van der Waals surface area contributed by atoms with Gasteiger partial charge in [-0.05, 0) is 62.5 Å². The lowest BCUT2D eigenvalue weighted by Crippen LogP contribution is -2.59. The van der Waals surface area contributed by atoms with E-state index in [2.05, 4.69) is 26.6 Å². The molecule has 18 heteroatoms. The smallest absolute Gasteiger partial charge is 0.326 e. The maximum atomic E-state index is 13.4. The van der Waals surface area contributed by atoms with E-state index in [0.717, 1.165) is 5.56 Å². The molecule has 10 N–H and O–H groups in total. The fourth-order valence-electron chi connectivity index (χ4n) is 4.73. The molecule has 0 bridgehead atoms. The molecule has 51 heavy (non-hydrogen) atoms. The van der Waals surface area contributed by atoms with Crippen molar-refractivity contribution in [2.24, 2.45) is 11.7 Å². The maximum absolute atomic E-state index is 13.4. The van der Waals surface area contributed by atoms with Gasteiger partial charge >= 0.3 is 17.9 Å². The van der Waals surface area contributed by atoms with Crippen molar-refractivity contribution in [1.29, 1.82) is 0 Å². The molecule has 0 aliphatic carbocycles. The molecule has 0 heterocycles. The summed E-state index contributed by atoms with van der Waals surface area (Å²) in [6, 6.07) is 1.16. The summed E-state index contributed by atoms with van der Waals surface area (Å²) in [5, 5.41) is 40.0. The van der Waals surface area contributed by atoms with Gasteiger partial charge < -0.3 is 47.6 Å². The number of rotatable bonds is 24. The Hall–Kier alpha value is -4.71. The number of amides is 5. The van der Waals surface area contributed by atoms with Crippen LogP contribution in [0.15, 0.2) is 30.3 Å². The Morgan fingerprint density at radius 2 is 1.10 bits per heavy atom. The third kappa shape index (κ3) is 17.7. The van der Waals surface area contributed by atoms with E-state index >= 15 is 0 Å². The summed E-state index contributed by atoms with van der Waals surface area (Å²) in [6.07, 6.45) is 0.363. The zero-order valence-corrected chi connectivity index (χ0v) is 30.0. The normalized spacial score (nSPS) is 14.5. The molecule has 1 rings (SSSR count). The minimum Gasteiger partial charge on any atom is -0.481 e. The van der Waals surface area contributed by atoms with Crippen molar-refractivity contribution in [2.75, 3.05) is 12.0 Å². The predicted octanol–water partition coefficient (Wildman–Crippen LogP) is -0.386. The molecule has 0 fully saturated rings. The minimum atomic E-state index is -1.44. The lowest BCUT2D eigenvalue weighted by molar-refractivity contribution is -0.143. The first kappa shape index (κ1) is 44.3. The van der Waals surface area contributed by atoms with Gasteiger partial charge in [-0.3, -0.25) is 33.6 Å². The highest BCUT2D eigenvalue weighted by molar-refractivity contribution is 7.98. The van der Waals surface area contributed by atoms with Gasteiger partial charge in [0.05, 0.1) is 6.04 Å². The number of hydrogen-bond acceptors (Lipinski definition) is 10. The van der Waals surface area contributed by atoms with E-state index in [1.54, 1.807) is 50.4 Å². The van der Waals surface area contributed by atoms with Crippen molar-refractivity contribution in [3.05, 3.63) is 35.9 Å². The van der Waals surface area contributed by atoms with Crippen LogP contribution in [0.25, 0.3) is 0 Å². The number of aliphatic carboxylic acids is 3. The van der Waals surface area contributed by atoms with E-state index < -0.39 is 96.5 Å². The summed E-state index contributed by atoms with van der Waals surface area (Å²) in [4.78, 5) is 99.9. The van der Waals surface area contributed by atoms with Crippen molar-refractivity contribution in [2.45, 2.75) is 102 Å². The van der Waals surface area contributed by atoms with Crippen molar-refractivity contribution < 1.29 is 53.7 Å². The monoisotopic (exact) mass is 738 g/mol. The summed E-state index contributed by atoms with van der Waals surface area (Å²) in [5.41, 5.74) is 6.79. The van der Waals surface area contributed by atoms with Gasteiger partial charge in [0, 0.05) is 12.8 Å². The molecule has 1 aromatic carbocycles. The molecule has 6 atom stereocenters. The summed E-state index contributed by atoms with van der Waals surface area (Å²) in [7, 11) is 0. The van der Waals surface area contributed by atoms with Crippen LogP contribution < -0.4 is 32.3 Å². The van der Waals surface area contributed by atoms with E-state index in [-0.39, 0.29) is 38.0 Å². The first-order valence-corrected chi connectivity index (χ1v) is 17.8. The maximum Gasteiger partial charge on any atom is 0.326 e. The third-order valence-corrected chi connectivity index (χ3v) is 8.16. The van der Waals surface area contributed by atoms with Crippen LogP contribution in [0.1, 0.15) is 64.9 Å². The zero-order valence-electron chi connectivity index (χ0n) is 29.2. The zero-order chi connectivity index (χ0) is 38.7. The van der Waals surface area contributed by atoms with Crippen LogP contribution >= 0.6 is 11.8 Å². The molecule has 0 saturated heterocycles. The first-order chi connectivity index (χ1) is 23.9. The molecule has 0 aliphatic heterocycles. The number of benzene rings is 1. The standard InChI is InChI=1S/C33H50N6O11S/c1-18(2)16-25(33(49)50)39-31(47)23(11-13-27(42)43)38-32(48)24(14-15-51-4)36-28(44)19(3)35-30(46)22(10-12-26(40)41)37-29(45)21(34)17-20-8-6-5-7-9-20/h5-9,18-19,21-25H,10-17,34H2,1-4H3,(H,35,46)(H,36,44)(H,37,45)(H,38,48)(H,39,47)(H,40,41)(H,42,43)(H,49,50). The van der Waals surface area contributed by atoms with E-state index in [9.17, 15) is 53.7 Å². The number of carbonyl (C=O) groups excluding carboxylic acids is 5. The number of nitrogens with two attached hydrogens (primary N) is 1. The Kier molecular flexibility index (Phi) is 19.9. The quantitative estimate of drug-likeness (QED) is 0.0655. The van der Waals surface area contributed by atoms with Crippen molar-refractivity contribution in [1.82, 2.24) is 26.6 Å². The summed E-state index contributed by atoms with van der Waals surface area (Å²) in [6.45, 7) is 4.81. The second-order valence-corrected chi connectivity index (χ2v) is 13.4. The van der Waals surface area contributed by atoms with Gasteiger partial charge in [0.2, 0.25) is 29.5 Å². The fraction of sp³-hybridized carbons (Fsp3) is 0.576. The van der Waals surface area contributed by atoms with E-state index in [1.165, 1.54) is 18.7 Å². The average Bonchev–Trinajstić information content (AvgIpc) is 3.05. The highest BCUT2D eigenvalue weighted by atomic mass is 32.2. The van der Waals surface area contributed by atoms with Gasteiger partial charge in [-0.25, -0.2) is 4.79 Å². The Morgan fingerprint density at radius 1 is 0.647 bits per heavy atom. The molecule has 284 valence electrons. The molecule has 0 spiro atoms. The van der Waals surface area contributed by atoms with Crippen LogP contribution in [0, 0.1) is 5.92 Å². The molecule has 5 amide bonds. The second kappa shape index (κ2) is 22.9. The highest BCUT2D eigenvalue weighted by Crippen LogP contribution is 2.09. The second-order valence-electron chi connectivity index (χ2n) is 12.4. The van der Waals surface area contributed by atoms with Crippen LogP contribution in [-0.4, -0.2) is 111 Å².